The second-order valence-corrected chi connectivity index (χ2v) is 8.87. The van der Waals surface area contributed by atoms with Crippen LogP contribution in [0.25, 0.3) is 0 Å². The van der Waals surface area contributed by atoms with Crippen molar-refractivity contribution in [1.82, 2.24) is 5.32 Å². The Morgan fingerprint density at radius 1 is 1.15 bits per heavy atom. The molecular weight excluding hydrogens is 424 g/mol. The Labute approximate surface area is 193 Å². The molecular formula is C25H30N2O6. The number of methoxy groups -OCH3 is 2. The number of benzene rings is 2. The molecule has 2 aromatic carbocycles. The largest absolute Gasteiger partial charge is 0.493 e. The predicted molar refractivity (Wildman–Crippen MR) is 123 cm³/mol. The van der Waals surface area contributed by atoms with Gasteiger partial charge >= 0.3 is 0 Å². The number of carbonyl (C=O) groups is 2. The van der Waals surface area contributed by atoms with E-state index in [1.165, 1.54) is 0 Å². The molecule has 0 spiro atoms. The molecule has 33 heavy (non-hydrogen) atoms. The third-order valence-electron chi connectivity index (χ3n) is 5.89. The Kier molecular flexibility index (Phi) is 6.35. The summed E-state index contributed by atoms with van der Waals surface area (Å²) in [5, 5.41) is 2.88. The third kappa shape index (κ3) is 4.84. The summed E-state index contributed by atoms with van der Waals surface area (Å²) in [4.78, 5) is 26.8. The first-order chi connectivity index (χ1) is 15.8. The van der Waals surface area contributed by atoms with E-state index < -0.39 is 5.92 Å². The lowest BCUT2D eigenvalue weighted by molar-refractivity contribution is -0.126. The Bertz CT molecular complexity index is 1050. The fourth-order valence-electron chi connectivity index (χ4n) is 4.31. The van der Waals surface area contributed by atoms with Gasteiger partial charge in [-0.3, -0.25) is 9.59 Å². The van der Waals surface area contributed by atoms with Gasteiger partial charge in [-0.1, -0.05) is 12.1 Å². The van der Waals surface area contributed by atoms with Crippen LogP contribution in [0.4, 0.5) is 5.69 Å². The van der Waals surface area contributed by atoms with E-state index in [2.05, 4.69) is 5.32 Å². The molecule has 4 rings (SSSR count). The molecule has 2 aliphatic heterocycles. The minimum Gasteiger partial charge on any atom is -0.493 e. The summed E-state index contributed by atoms with van der Waals surface area (Å²) in [5.74, 6) is 1.90. The molecule has 2 aromatic rings. The first-order valence-electron chi connectivity index (χ1n) is 11.0. The van der Waals surface area contributed by atoms with Gasteiger partial charge in [-0.2, -0.15) is 0 Å². The average molecular weight is 455 g/mol. The molecule has 0 radical (unpaired) electrons. The molecule has 176 valence electrons. The number of hydrogen-bond acceptors (Lipinski definition) is 6. The van der Waals surface area contributed by atoms with E-state index in [1.807, 2.05) is 32.0 Å². The number of nitrogens with one attached hydrogen (secondary N) is 1. The number of carbonyl (C=O) groups excluding carboxylic acids is 2. The predicted octanol–water partition coefficient (Wildman–Crippen LogP) is 2.97. The van der Waals surface area contributed by atoms with Crippen LogP contribution in [-0.2, 0) is 16.0 Å². The van der Waals surface area contributed by atoms with Crippen molar-refractivity contribution in [2.24, 2.45) is 5.92 Å². The smallest absolute Gasteiger partial charge is 0.227 e. The molecule has 8 nitrogen and oxygen atoms in total. The number of fused-ring (bicyclic) bond motifs is 1. The van der Waals surface area contributed by atoms with Crippen molar-refractivity contribution in [2.45, 2.75) is 32.3 Å². The van der Waals surface area contributed by atoms with Crippen LogP contribution in [0.1, 0.15) is 25.8 Å². The van der Waals surface area contributed by atoms with Gasteiger partial charge in [0, 0.05) is 36.7 Å². The molecule has 1 saturated heterocycles. The minimum atomic E-state index is -0.421. The number of rotatable bonds is 8. The summed E-state index contributed by atoms with van der Waals surface area (Å²) in [5.41, 5.74) is 1.56. The van der Waals surface area contributed by atoms with Crippen LogP contribution in [0, 0.1) is 5.92 Å². The first kappa shape index (κ1) is 22.8. The normalized spacial score (nSPS) is 18.5. The van der Waals surface area contributed by atoms with Crippen molar-refractivity contribution in [2.75, 3.05) is 38.8 Å². The molecule has 0 aliphatic carbocycles. The number of hydrogen-bond donors (Lipinski definition) is 1. The summed E-state index contributed by atoms with van der Waals surface area (Å²) in [6.07, 6.45) is 0.999. The van der Waals surface area contributed by atoms with E-state index in [1.54, 1.807) is 37.3 Å². The van der Waals surface area contributed by atoms with Crippen LogP contribution in [0.15, 0.2) is 36.4 Å². The molecule has 1 unspecified atom stereocenters. The lowest BCUT2D eigenvalue weighted by atomic mass is 10.0. The van der Waals surface area contributed by atoms with Crippen LogP contribution >= 0.6 is 0 Å². The first-order valence-corrected chi connectivity index (χ1v) is 11.0. The van der Waals surface area contributed by atoms with E-state index in [0.717, 1.165) is 17.7 Å². The summed E-state index contributed by atoms with van der Waals surface area (Å²) >= 11 is 0. The highest BCUT2D eigenvalue weighted by Gasteiger charge is 2.35. The lowest BCUT2D eigenvalue weighted by Crippen LogP contribution is -2.35. The van der Waals surface area contributed by atoms with Crippen molar-refractivity contribution < 1.29 is 28.5 Å². The molecule has 1 atom stereocenters. The van der Waals surface area contributed by atoms with E-state index >= 15 is 0 Å². The van der Waals surface area contributed by atoms with Gasteiger partial charge < -0.3 is 29.2 Å². The van der Waals surface area contributed by atoms with Gasteiger partial charge in [-0.25, -0.2) is 0 Å². The lowest BCUT2D eigenvalue weighted by Gasteiger charge is -2.19. The van der Waals surface area contributed by atoms with E-state index in [-0.39, 0.29) is 23.8 Å². The van der Waals surface area contributed by atoms with Gasteiger partial charge in [0.1, 0.15) is 12.2 Å². The Hall–Kier alpha value is -3.42. The topological polar surface area (TPSA) is 86.3 Å². The van der Waals surface area contributed by atoms with Crippen molar-refractivity contribution in [3.8, 4) is 23.0 Å². The summed E-state index contributed by atoms with van der Waals surface area (Å²) in [6, 6.07) is 11.1. The summed E-state index contributed by atoms with van der Waals surface area (Å²) in [7, 11) is 3.10. The van der Waals surface area contributed by atoms with Gasteiger partial charge in [0.15, 0.2) is 23.0 Å². The maximum atomic E-state index is 12.7. The quantitative estimate of drug-likeness (QED) is 0.618. The number of nitrogens with zero attached hydrogens (tertiary/aromatic N) is 1. The monoisotopic (exact) mass is 454 g/mol. The van der Waals surface area contributed by atoms with Crippen LogP contribution in [-0.4, -0.2) is 51.3 Å². The molecule has 0 bridgehead atoms. The third-order valence-corrected chi connectivity index (χ3v) is 5.89. The molecule has 1 fully saturated rings. The zero-order valence-electron chi connectivity index (χ0n) is 19.5. The van der Waals surface area contributed by atoms with Gasteiger partial charge in [0.25, 0.3) is 0 Å². The minimum absolute atomic E-state index is 0.0989. The molecule has 0 saturated carbocycles. The molecule has 2 heterocycles. The molecule has 1 N–H and O–H groups in total. The van der Waals surface area contributed by atoms with Crippen molar-refractivity contribution in [3.05, 3.63) is 42.0 Å². The van der Waals surface area contributed by atoms with Crippen LogP contribution in [0.3, 0.4) is 0 Å². The zero-order valence-corrected chi connectivity index (χ0v) is 19.5. The standard InChI is InChI=1S/C25H30N2O6/c1-25(2)14-16-6-5-7-20(23(16)33-25)32-11-10-26-24(29)17-12-22(28)27(15-17)18-8-9-19(30-3)21(13-18)31-4/h5-9,13,17H,10-12,14-15H2,1-4H3,(H,26,29). The number of anilines is 1. The maximum Gasteiger partial charge on any atom is 0.227 e. The van der Waals surface area contributed by atoms with Crippen LogP contribution < -0.4 is 29.2 Å². The highest BCUT2D eigenvalue weighted by molar-refractivity contribution is 6.00. The molecule has 8 heteroatoms. The number of para-hydroxylation sites is 1. The van der Waals surface area contributed by atoms with Crippen molar-refractivity contribution >= 4 is 17.5 Å². The highest BCUT2D eigenvalue weighted by atomic mass is 16.5. The second-order valence-electron chi connectivity index (χ2n) is 8.87. The zero-order chi connectivity index (χ0) is 23.6. The molecule has 0 aromatic heterocycles. The summed E-state index contributed by atoms with van der Waals surface area (Å²) < 4.78 is 22.5. The molecule has 2 amide bonds. The maximum absolute atomic E-state index is 12.7. The van der Waals surface area contributed by atoms with Gasteiger partial charge in [-0.05, 0) is 32.0 Å². The van der Waals surface area contributed by atoms with Crippen molar-refractivity contribution in [1.29, 1.82) is 0 Å². The highest BCUT2D eigenvalue weighted by Crippen LogP contribution is 2.41. The average Bonchev–Trinajstić information content (AvgIpc) is 3.34. The Morgan fingerprint density at radius 2 is 1.94 bits per heavy atom. The Morgan fingerprint density at radius 3 is 2.70 bits per heavy atom. The van der Waals surface area contributed by atoms with Crippen molar-refractivity contribution in [3.63, 3.8) is 0 Å². The van der Waals surface area contributed by atoms with Crippen LogP contribution in [0.5, 0.6) is 23.0 Å². The Balaban J connectivity index is 1.29. The van der Waals surface area contributed by atoms with E-state index in [4.69, 9.17) is 18.9 Å². The van der Waals surface area contributed by atoms with E-state index in [9.17, 15) is 9.59 Å². The van der Waals surface area contributed by atoms with Gasteiger partial charge in [0.2, 0.25) is 11.8 Å². The van der Waals surface area contributed by atoms with E-state index in [0.29, 0.717) is 42.6 Å². The van der Waals surface area contributed by atoms with Gasteiger partial charge in [0.05, 0.1) is 26.7 Å². The van der Waals surface area contributed by atoms with Gasteiger partial charge in [-0.15, -0.1) is 0 Å². The number of ether oxygens (including phenoxy) is 4. The fourth-order valence-corrected chi connectivity index (χ4v) is 4.31. The summed E-state index contributed by atoms with van der Waals surface area (Å²) in [6.45, 7) is 5.06. The number of amides is 2. The fraction of sp³-hybridized carbons (Fsp3) is 0.440. The van der Waals surface area contributed by atoms with Crippen LogP contribution in [0.2, 0.25) is 0 Å². The SMILES string of the molecule is COc1ccc(N2CC(C(=O)NCCOc3cccc4c3OC(C)(C)C4)CC2=O)cc1OC. The molecule has 2 aliphatic rings. The second kappa shape index (κ2) is 9.21.